The normalized spacial score (nSPS) is 10.4. The number of aliphatic hydroxyl groups excluding tert-OH is 1. The summed E-state index contributed by atoms with van der Waals surface area (Å²) in [6, 6.07) is 2.90. The number of hydrogen-bond donors (Lipinski definition) is 2. The van der Waals surface area contributed by atoms with Gasteiger partial charge in [-0.1, -0.05) is 0 Å². The van der Waals surface area contributed by atoms with E-state index in [0.717, 1.165) is 0 Å². The quantitative estimate of drug-likeness (QED) is 0.506. The van der Waals surface area contributed by atoms with E-state index in [2.05, 4.69) is 10.7 Å². The Morgan fingerprint density at radius 2 is 2.38 bits per heavy atom. The van der Waals surface area contributed by atoms with Gasteiger partial charge in [-0.2, -0.15) is 0 Å². The van der Waals surface area contributed by atoms with Crippen LogP contribution in [0.25, 0.3) is 0 Å². The van der Waals surface area contributed by atoms with Gasteiger partial charge in [0, 0.05) is 0 Å². The minimum Gasteiger partial charge on any atom is -0.452 e. The molecule has 43 valence electrons. The van der Waals surface area contributed by atoms with Crippen molar-refractivity contribution in [2.45, 2.75) is 6.29 Å². The van der Waals surface area contributed by atoms with Crippen LogP contribution in [0.5, 0.6) is 0 Å². The summed E-state index contributed by atoms with van der Waals surface area (Å²) in [5, 5.41) is 16.7. The molecule has 0 aliphatic rings. The fourth-order valence-corrected chi connectivity index (χ4v) is 0.391. The maximum atomic E-state index is 8.35. The predicted molar refractivity (Wildman–Crippen MR) is 24.7 cm³/mol. The molecular formula is C5H5O3. The molecule has 0 aliphatic heterocycles. The average Bonchev–Trinajstić information content (AvgIpc) is 2.12. The minimum atomic E-state index is -1.51. The summed E-state index contributed by atoms with van der Waals surface area (Å²) < 4.78 is 4.47. The molecule has 0 amide bonds. The molecule has 0 aliphatic carbocycles. The van der Waals surface area contributed by atoms with E-state index in [0.29, 0.717) is 0 Å². The van der Waals surface area contributed by atoms with Crippen LogP contribution in [-0.2, 0) is 0 Å². The van der Waals surface area contributed by atoms with Crippen LogP contribution in [-0.4, -0.2) is 10.2 Å². The minimum absolute atomic E-state index is 0.116. The van der Waals surface area contributed by atoms with E-state index in [9.17, 15) is 0 Å². The highest BCUT2D eigenvalue weighted by Crippen LogP contribution is 2.07. The molecule has 0 atom stereocenters. The second-order valence-electron chi connectivity index (χ2n) is 1.33. The van der Waals surface area contributed by atoms with Crippen LogP contribution < -0.4 is 0 Å². The number of furan rings is 1. The Kier molecular flexibility index (Phi) is 1.32. The van der Waals surface area contributed by atoms with Gasteiger partial charge in [-0.25, -0.2) is 0 Å². The molecule has 1 heterocycles. The van der Waals surface area contributed by atoms with Crippen molar-refractivity contribution in [2.75, 3.05) is 0 Å². The Hall–Kier alpha value is -0.800. The standard InChI is InChI=1S/C5H5O3/c6-5(7)4-2-1-3-8-4/h1-2,5-7H. The van der Waals surface area contributed by atoms with E-state index in [1.54, 1.807) is 0 Å². The smallest absolute Gasteiger partial charge is 0.212 e. The molecule has 0 aromatic carbocycles. The van der Waals surface area contributed by atoms with Crippen LogP contribution in [0.1, 0.15) is 12.1 Å². The second kappa shape index (κ2) is 1.98. The third-order valence-electron chi connectivity index (χ3n) is 0.747. The zero-order chi connectivity index (χ0) is 5.98. The van der Waals surface area contributed by atoms with Crippen molar-refractivity contribution in [1.29, 1.82) is 0 Å². The van der Waals surface area contributed by atoms with Gasteiger partial charge in [0.05, 0.1) is 0 Å². The molecule has 3 heteroatoms. The molecule has 0 saturated carbocycles. The summed E-state index contributed by atoms with van der Waals surface area (Å²) in [6.07, 6.45) is 0.803. The van der Waals surface area contributed by atoms with Crippen LogP contribution in [0.3, 0.4) is 0 Å². The van der Waals surface area contributed by atoms with Crippen molar-refractivity contribution in [1.82, 2.24) is 0 Å². The summed E-state index contributed by atoms with van der Waals surface area (Å²) in [6.45, 7) is 0. The lowest BCUT2D eigenvalue weighted by Gasteiger charge is -1.93. The second-order valence-corrected chi connectivity index (χ2v) is 1.33. The lowest BCUT2D eigenvalue weighted by Crippen LogP contribution is -1.89. The van der Waals surface area contributed by atoms with Gasteiger partial charge in [0.1, 0.15) is 0 Å². The first-order chi connectivity index (χ1) is 3.80. The monoisotopic (exact) mass is 113 g/mol. The molecule has 3 nitrogen and oxygen atoms in total. The summed E-state index contributed by atoms with van der Waals surface area (Å²) in [4.78, 5) is 0. The van der Waals surface area contributed by atoms with Crippen molar-refractivity contribution in [3.05, 3.63) is 24.2 Å². The molecule has 2 N–H and O–H groups in total. The maximum absolute atomic E-state index is 8.35. The molecule has 1 radical (unpaired) electrons. The predicted octanol–water partition coefficient (Wildman–Crippen LogP) is 0.0630. The number of aliphatic hydroxyl groups is 2. The van der Waals surface area contributed by atoms with Gasteiger partial charge >= 0.3 is 0 Å². The van der Waals surface area contributed by atoms with E-state index in [1.165, 1.54) is 12.1 Å². The lowest BCUT2D eigenvalue weighted by molar-refractivity contribution is -0.0582. The summed E-state index contributed by atoms with van der Waals surface area (Å²) >= 11 is 0. The molecule has 0 saturated heterocycles. The van der Waals surface area contributed by atoms with E-state index in [4.69, 9.17) is 10.2 Å². The third kappa shape index (κ3) is 0.882. The summed E-state index contributed by atoms with van der Waals surface area (Å²) in [5.74, 6) is 0.116. The molecule has 8 heavy (non-hydrogen) atoms. The summed E-state index contributed by atoms with van der Waals surface area (Å²) in [7, 11) is 0. The lowest BCUT2D eigenvalue weighted by atomic mass is 10.4. The SMILES string of the molecule is OC(O)c1cc[c]o1. The number of rotatable bonds is 1. The van der Waals surface area contributed by atoms with E-state index >= 15 is 0 Å². The highest BCUT2D eigenvalue weighted by Gasteiger charge is 2.02. The number of hydrogen-bond acceptors (Lipinski definition) is 3. The highest BCUT2D eigenvalue weighted by molar-refractivity contribution is 4.97. The van der Waals surface area contributed by atoms with Crippen LogP contribution in [0.2, 0.25) is 0 Å². The Morgan fingerprint density at radius 1 is 1.62 bits per heavy atom. The largest absolute Gasteiger partial charge is 0.452 e. The zero-order valence-electron chi connectivity index (χ0n) is 4.03. The van der Waals surface area contributed by atoms with Crippen LogP contribution >= 0.6 is 0 Å². The highest BCUT2D eigenvalue weighted by atomic mass is 16.5. The Bertz CT molecular complexity index is 143. The first-order valence-electron chi connectivity index (χ1n) is 2.12. The maximum Gasteiger partial charge on any atom is 0.212 e. The van der Waals surface area contributed by atoms with E-state index in [1.807, 2.05) is 0 Å². The van der Waals surface area contributed by atoms with Crippen molar-refractivity contribution < 1.29 is 14.6 Å². The molecule has 0 spiro atoms. The van der Waals surface area contributed by atoms with Crippen molar-refractivity contribution >= 4 is 0 Å². The van der Waals surface area contributed by atoms with Crippen molar-refractivity contribution in [3.63, 3.8) is 0 Å². The van der Waals surface area contributed by atoms with Crippen LogP contribution in [0, 0.1) is 6.26 Å². The molecule has 1 aromatic rings. The fraction of sp³-hybridized carbons (Fsp3) is 0.200. The topological polar surface area (TPSA) is 53.6 Å². The Balaban J connectivity index is 2.77. The van der Waals surface area contributed by atoms with Gasteiger partial charge < -0.3 is 14.6 Å². The molecule has 0 unspecified atom stereocenters. The van der Waals surface area contributed by atoms with Crippen LogP contribution in [0.15, 0.2) is 16.5 Å². The first kappa shape index (κ1) is 5.34. The Labute approximate surface area is 46.2 Å². The Morgan fingerprint density at radius 3 is 2.62 bits per heavy atom. The van der Waals surface area contributed by atoms with Gasteiger partial charge in [-0.15, -0.1) is 0 Å². The van der Waals surface area contributed by atoms with Crippen molar-refractivity contribution in [3.8, 4) is 0 Å². The van der Waals surface area contributed by atoms with Crippen molar-refractivity contribution in [2.24, 2.45) is 0 Å². The molecular weight excluding hydrogens is 108 g/mol. The third-order valence-corrected chi connectivity index (χ3v) is 0.747. The molecule has 1 aromatic heterocycles. The van der Waals surface area contributed by atoms with Gasteiger partial charge in [-0.3, -0.25) is 0 Å². The van der Waals surface area contributed by atoms with E-state index in [-0.39, 0.29) is 5.76 Å². The molecule has 0 bridgehead atoms. The summed E-state index contributed by atoms with van der Waals surface area (Å²) in [5.41, 5.74) is 0. The van der Waals surface area contributed by atoms with Gasteiger partial charge in [0.2, 0.25) is 6.29 Å². The molecule has 1 rings (SSSR count). The van der Waals surface area contributed by atoms with Gasteiger partial charge in [0.25, 0.3) is 0 Å². The van der Waals surface area contributed by atoms with Gasteiger partial charge in [-0.05, 0) is 12.1 Å². The van der Waals surface area contributed by atoms with E-state index < -0.39 is 6.29 Å². The first-order valence-corrected chi connectivity index (χ1v) is 2.12. The molecule has 0 fully saturated rings. The zero-order valence-corrected chi connectivity index (χ0v) is 4.03. The fourth-order valence-electron chi connectivity index (χ4n) is 0.391. The van der Waals surface area contributed by atoms with Gasteiger partial charge in [0.15, 0.2) is 12.0 Å². The van der Waals surface area contributed by atoms with Crippen LogP contribution in [0.4, 0.5) is 0 Å². The average molecular weight is 113 g/mol.